The summed E-state index contributed by atoms with van der Waals surface area (Å²) in [5, 5.41) is 0. The van der Waals surface area contributed by atoms with Gasteiger partial charge in [0.05, 0.1) is 6.10 Å². The molecule has 3 heteroatoms. The van der Waals surface area contributed by atoms with Crippen LogP contribution in [0.2, 0.25) is 0 Å². The zero-order valence-corrected chi connectivity index (χ0v) is 11.5. The lowest BCUT2D eigenvalue weighted by atomic mass is 9.80. The molecule has 0 aromatic rings. The molecule has 0 radical (unpaired) electrons. The van der Waals surface area contributed by atoms with Crippen molar-refractivity contribution < 1.29 is 4.74 Å². The van der Waals surface area contributed by atoms with Crippen molar-refractivity contribution in [3.63, 3.8) is 0 Å². The van der Waals surface area contributed by atoms with E-state index in [9.17, 15) is 0 Å². The van der Waals surface area contributed by atoms with E-state index in [2.05, 4.69) is 18.9 Å². The zero-order chi connectivity index (χ0) is 12.3. The minimum absolute atomic E-state index is 0.203. The lowest BCUT2D eigenvalue weighted by Crippen LogP contribution is -2.58. The van der Waals surface area contributed by atoms with Crippen molar-refractivity contribution in [1.82, 2.24) is 4.90 Å². The molecular weight excluding hydrogens is 212 g/mol. The second-order valence-electron chi connectivity index (χ2n) is 5.96. The van der Waals surface area contributed by atoms with Gasteiger partial charge in [0.15, 0.2) is 0 Å². The monoisotopic (exact) mass is 240 g/mol. The summed E-state index contributed by atoms with van der Waals surface area (Å²) in [6.07, 6.45) is 7.99. The quantitative estimate of drug-likeness (QED) is 0.799. The van der Waals surface area contributed by atoms with Crippen LogP contribution in [0.3, 0.4) is 0 Å². The van der Waals surface area contributed by atoms with E-state index in [1.807, 2.05) is 0 Å². The van der Waals surface area contributed by atoms with Crippen molar-refractivity contribution in [3.8, 4) is 0 Å². The van der Waals surface area contributed by atoms with Gasteiger partial charge in [-0.05, 0) is 45.1 Å². The molecule has 17 heavy (non-hydrogen) atoms. The van der Waals surface area contributed by atoms with Gasteiger partial charge in [-0.3, -0.25) is 4.90 Å². The molecule has 2 N–H and O–H groups in total. The summed E-state index contributed by atoms with van der Waals surface area (Å²) in [4.78, 5) is 2.54. The third-order valence-corrected chi connectivity index (χ3v) is 4.93. The molecule has 1 aliphatic heterocycles. The topological polar surface area (TPSA) is 38.5 Å². The first-order valence-corrected chi connectivity index (χ1v) is 7.23. The molecule has 1 saturated carbocycles. The molecular formula is C14H28N2O. The Labute approximate surface area is 106 Å². The van der Waals surface area contributed by atoms with Crippen LogP contribution in [0.1, 0.15) is 45.4 Å². The van der Waals surface area contributed by atoms with Crippen molar-refractivity contribution in [1.29, 1.82) is 0 Å². The fourth-order valence-corrected chi connectivity index (χ4v) is 3.21. The number of likely N-dealkylation sites (N-methyl/N-ethyl adjacent to an activating group) is 1. The lowest BCUT2D eigenvalue weighted by molar-refractivity contribution is -0.0703. The molecule has 2 fully saturated rings. The molecule has 1 saturated heterocycles. The molecule has 2 rings (SSSR count). The fourth-order valence-electron chi connectivity index (χ4n) is 3.21. The first kappa shape index (κ1) is 13.3. The Morgan fingerprint density at radius 3 is 2.71 bits per heavy atom. The summed E-state index contributed by atoms with van der Waals surface area (Å²) in [6.45, 7) is 5.09. The smallest absolute Gasteiger partial charge is 0.0590 e. The largest absolute Gasteiger partial charge is 0.378 e. The number of hydrogen-bond donors (Lipinski definition) is 1. The van der Waals surface area contributed by atoms with E-state index in [4.69, 9.17) is 10.5 Å². The normalized spacial score (nSPS) is 34.9. The van der Waals surface area contributed by atoms with Gasteiger partial charge in [-0.2, -0.15) is 0 Å². The van der Waals surface area contributed by atoms with Crippen LogP contribution in [0.4, 0.5) is 0 Å². The molecule has 100 valence electrons. The predicted molar refractivity (Wildman–Crippen MR) is 71.0 cm³/mol. The average Bonchev–Trinajstić information content (AvgIpc) is 2.33. The Morgan fingerprint density at radius 2 is 2.18 bits per heavy atom. The van der Waals surface area contributed by atoms with Gasteiger partial charge in [-0.15, -0.1) is 0 Å². The van der Waals surface area contributed by atoms with Crippen LogP contribution in [-0.2, 0) is 4.74 Å². The number of rotatable bonds is 5. The van der Waals surface area contributed by atoms with E-state index in [0.717, 1.165) is 38.3 Å². The number of nitrogens with two attached hydrogens (primary N) is 1. The standard InChI is InChI=1S/C14H28N2O/c1-3-13-9-14(11-15,7-8-17-13)16(2)10-12-5-4-6-12/h12-13H,3-11,15H2,1-2H3. The van der Waals surface area contributed by atoms with E-state index in [-0.39, 0.29) is 5.54 Å². The summed E-state index contributed by atoms with van der Waals surface area (Å²) in [6, 6.07) is 0. The minimum atomic E-state index is 0.203. The third-order valence-electron chi connectivity index (χ3n) is 4.93. The number of hydrogen-bond acceptors (Lipinski definition) is 3. The van der Waals surface area contributed by atoms with Crippen molar-refractivity contribution >= 4 is 0 Å². The van der Waals surface area contributed by atoms with Gasteiger partial charge in [-0.1, -0.05) is 13.3 Å². The molecule has 0 aromatic carbocycles. The van der Waals surface area contributed by atoms with E-state index in [0.29, 0.717) is 6.10 Å². The number of ether oxygens (including phenoxy) is 1. The highest BCUT2D eigenvalue weighted by molar-refractivity contribution is 4.96. The maximum Gasteiger partial charge on any atom is 0.0590 e. The summed E-state index contributed by atoms with van der Waals surface area (Å²) < 4.78 is 5.80. The third kappa shape index (κ3) is 2.83. The van der Waals surface area contributed by atoms with Gasteiger partial charge in [-0.25, -0.2) is 0 Å². The lowest BCUT2D eigenvalue weighted by Gasteiger charge is -2.48. The summed E-state index contributed by atoms with van der Waals surface area (Å²) >= 11 is 0. The van der Waals surface area contributed by atoms with E-state index < -0.39 is 0 Å². The predicted octanol–water partition coefficient (Wildman–Crippen LogP) is 2.00. The van der Waals surface area contributed by atoms with Crippen molar-refractivity contribution in [3.05, 3.63) is 0 Å². The van der Waals surface area contributed by atoms with Gasteiger partial charge in [0.1, 0.15) is 0 Å². The van der Waals surface area contributed by atoms with Gasteiger partial charge < -0.3 is 10.5 Å². The van der Waals surface area contributed by atoms with Gasteiger partial charge in [0.25, 0.3) is 0 Å². The molecule has 0 spiro atoms. The molecule has 2 unspecified atom stereocenters. The summed E-state index contributed by atoms with van der Waals surface area (Å²) in [7, 11) is 2.27. The zero-order valence-electron chi connectivity index (χ0n) is 11.5. The number of nitrogens with zero attached hydrogens (tertiary/aromatic N) is 1. The van der Waals surface area contributed by atoms with Crippen molar-refractivity contribution in [2.45, 2.75) is 57.1 Å². The highest BCUT2D eigenvalue weighted by atomic mass is 16.5. The molecule has 0 aromatic heterocycles. The van der Waals surface area contributed by atoms with Gasteiger partial charge in [0, 0.05) is 25.2 Å². The highest BCUT2D eigenvalue weighted by Crippen LogP contribution is 2.34. The molecule has 2 aliphatic rings. The maximum atomic E-state index is 6.09. The first-order chi connectivity index (χ1) is 8.20. The Bertz CT molecular complexity index is 242. The fraction of sp³-hybridized carbons (Fsp3) is 1.00. The molecule has 1 heterocycles. The van der Waals surface area contributed by atoms with Crippen molar-refractivity contribution in [2.24, 2.45) is 11.7 Å². The van der Waals surface area contributed by atoms with Crippen LogP contribution in [0.15, 0.2) is 0 Å². The average molecular weight is 240 g/mol. The minimum Gasteiger partial charge on any atom is -0.378 e. The summed E-state index contributed by atoms with van der Waals surface area (Å²) in [5.74, 6) is 0.923. The van der Waals surface area contributed by atoms with Crippen LogP contribution in [0.5, 0.6) is 0 Å². The van der Waals surface area contributed by atoms with E-state index >= 15 is 0 Å². The SMILES string of the molecule is CCC1CC(CN)(N(C)CC2CCC2)CCO1. The van der Waals surface area contributed by atoms with Crippen LogP contribution in [0.25, 0.3) is 0 Å². The molecule has 2 atom stereocenters. The van der Waals surface area contributed by atoms with E-state index in [1.54, 1.807) is 0 Å². The van der Waals surface area contributed by atoms with Gasteiger partial charge >= 0.3 is 0 Å². The molecule has 0 amide bonds. The second-order valence-corrected chi connectivity index (χ2v) is 5.96. The maximum absolute atomic E-state index is 6.09. The van der Waals surface area contributed by atoms with Crippen LogP contribution >= 0.6 is 0 Å². The first-order valence-electron chi connectivity index (χ1n) is 7.23. The van der Waals surface area contributed by atoms with Gasteiger partial charge in [0.2, 0.25) is 0 Å². The highest BCUT2D eigenvalue weighted by Gasteiger charge is 2.39. The Kier molecular flexibility index (Phi) is 4.45. The van der Waals surface area contributed by atoms with Crippen molar-refractivity contribution in [2.75, 3.05) is 26.7 Å². The molecule has 0 bridgehead atoms. The molecule has 1 aliphatic carbocycles. The van der Waals surface area contributed by atoms with Crippen LogP contribution in [0, 0.1) is 5.92 Å². The Balaban J connectivity index is 1.95. The van der Waals surface area contributed by atoms with Crippen LogP contribution < -0.4 is 5.73 Å². The Morgan fingerprint density at radius 1 is 1.41 bits per heavy atom. The second kappa shape index (κ2) is 5.68. The van der Waals surface area contributed by atoms with E-state index in [1.165, 1.54) is 25.8 Å². The molecule has 3 nitrogen and oxygen atoms in total. The summed E-state index contributed by atoms with van der Waals surface area (Å²) in [5.41, 5.74) is 6.30. The van der Waals surface area contributed by atoms with Crippen LogP contribution in [-0.4, -0.2) is 43.3 Å². The Hall–Kier alpha value is -0.120.